The SMILES string of the molecule is CCC/C=C(/CC)NC(=O)C(OC(C)=O)Oc1ccccc1. The first kappa shape index (κ1) is 17.8. The number of nitrogens with one attached hydrogen (secondary N) is 1. The summed E-state index contributed by atoms with van der Waals surface area (Å²) in [6.45, 7) is 5.24. The molecule has 0 spiro atoms. The van der Waals surface area contributed by atoms with Crippen LogP contribution in [0.25, 0.3) is 0 Å². The fraction of sp³-hybridized carbons (Fsp3) is 0.412. The molecule has 22 heavy (non-hydrogen) atoms. The lowest BCUT2D eigenvalue weighted by Crippen LogP contribution is -2.40. The number of ether oxygens (including phenoxy) is 2. The van der Waals surface area contributed by atoms with Gasteiger partial charge in [-0.3, -0.25) is 9.59 Å². The summed E-state index contributed by atoms with van der Waals surface area (Å²) in [5, 5.41) is 2.75. The summed E-state index contributed by atoms with van der Waals surface area (Å²) in [5.41, 5.74) is 0.792. The summed E-state index contributed by atoms with van der Waals surface area (Å²) < 4.78 is 10.4. The number of rotatable bonds is 8. The number of hydrogen-bond acceptors (Lipinski definition) is 4. The molecule has 120 valence electrons. The third-order valence-electron chi connectivity index (χ3n) is 2.82. The van der Waals surface area contributed by atoms with E-state index >= 15 is 0 Å². The summed E-state index contributed by atoms with van der Waals surface area (Å²) in [4.78, 5) is 23.4. The molecular formula is C17H23NO4. The molecule has 0 aliphatic heterocycles. The summed E-state index contributed by atoms with van der Waals surface area (Å²) in [5.74, 6) is -0.616. The molecule has 1 unspecified atom stereocenters. The molecule has 1 atom stereocenters. The van der Waals surface area contributed by atoms with Crippen molar-refractivity contribution in [2.24, 2.45) is 0 Å². The van der Waals surface area contributed by atoms with Crippen LogP contribution in [-0.2, 0) is 14.3 Å². The van der Waals surface area contributed by atoms with Gasteiger partial charge in [-0.05, 0) is 25.0 Å². The van der Waals surface area contributed by atoms with Gasteiger partial charge in [-0.15, -0.1) is 0 Å². The van der Waals surface area contributed by atoms with Crippen LogP contribution in [0.1, 0.15) is 40.0 Å². The van der Waals surface area contributed by atoms with Gasteiger partial charge in [0.2, 0.25) is 0 Å². The van der Waals surface area contributed by atoms with Crippen LogP contribution >= 0.6 is 0 Å². The molecule has 5 heteroatoms. The van der Waals surface area contributed by atoms with E-state index in [1.54, 1.807) is 24.3 Å². The summed E-state index contributed by atoms with van der Waals surface area (Å²) in [6.07, 6.45) is 3.21. The molecule has 0 saturated carbocycles. The zero-order valence-electron chi connectivity index (χ0n) is 13.3. The van der Waals surface area contributed by atoms with Gasteiger partial charge in [0, 0.05) is 12.6 Å². The van der Waals surface area contributed by atoms with E-state index in [2.05, 4.69) is 12.2 Å². The Morgan fingerprint density at radius 1 is 1.23 bits per heavy atom. The van der Waals surface area contributed by atoms with Gasteiger partial charge in [-0.2, -0.15) is 0 Å². The molecule has 0 radical (unpaired) electrons. The average Bonchev–Trinajstić information content (AvgIpc) is 2.51. The number of unbranched alkanes of at least 4 members (excludes halogenated alkanes) is 1. The monoisotopic (exact) mass is 305 g/mol. The highest BCUT2D eigenvalue weighted by Gasteiger charge is 2.24. The zero-order valence-corrected chi connectivity index (χ0v) is 13.3. The fourth-order valence-corrected chi connectivity index (χ4v) is 1.72. The lowest BCUT2D eigenvalue weighted by atomic mass is 10.2. The van der Waals surface area contributed by atoms with Crippen LogP contribution in [0.4, 0.5) is 0 Å². The summed E-state index contributed by atoms with van der Waals surface area (Å²) in [6, 6.07) is 8.76. The van der Waals surface area contributed by atoms with Crippen molar-refractivity contribution >= 4 is 11.9 Å². The van der Waals surface area contributed by atoms with E-state index in [9.17, 15) is 9.59 Å². The highest BCUT2D eigenvalue weighted by atomic mass is 16.7. The molecule has 1 aromatic rings. The maximum Gasteiger partial charge on any atom is 0.324 e. The Hall–Kier alpha value is -2.30. The van der Waals surface area contributed by atoms with Gasteiger partial charge in [-0.1, -0.05) is 44.5 Å². The molecule has 0 heterocycles. The highest BCUT2D eigenvalue weighted by molar-refractivity contribution is 5.83. The second-order valence-electron chi connectivity index (χ2n) is 4.73. The van der Waals surface area contributed by atoms with E-state index < -0.39 is 18.2 Å². The molecule has 1 aromatic carbocycles. The number of hydrogen-bond donors (Lipinski definition) is 1. The van der Waals surface area contributed by atoms with Gasteiger partial charge in [-0.25, -0.2) is 0 Å². The minimum Gasteiger partial charge on any atom is -0.446 e. The number of para-hydroxylation sites is 1. The van der Waals surface area contributed by atoms with Crippen LogP contribution < -0.4 is 10.1 Å². The molecule has 1 N–H and O–H groups in total. The normalized spacial score (nSPS) is 12.4. The number of benzene rings is 1. The summed E-state index contributed by atoms with van der Waals surface area (Å²) in [7, 11) is 0. The minimum atomic E-state index is -1.31. The Bertz CT molecular complexity index is 511. The Kier molecular flexibility index (Phi) is 7.75. The van der Waals surface area contributed by atoms with E-state index in [0.29, 0.717) is 12.2 Å². The van der Waals surface area contributed by atoms with Gasteiger partial charge in [0.15, 0.2) is 0 Å². The fourth-order valence-electron chi connectivity index (χ4n) is 1.72. The average molecular weight is 305 g/mol. The number of carbonyl (C=O) groups is 2. The first-order valence-corrected chi connectivity index (χ1v) is 7.45. The number of esters is 1. The van der Waals surface area contributed by atoms with Gasteiger partial charge in [0.1, 0.15) is 5.75 Å². The van der Waals surface area contributed by atoms with Crippen LogP contribution in [0.15, 0.2) is 42.1 Å². The lowest BCUT2D eigenvalue weighted by Gasteiger charge is -2.19. The topological polar surface area (TPSA) is 64.6 Å². The van der Waals surface area contributed by atoms with Crippen LogP contribution in [0.3, 0.4) is 0 Å². The molecule has 0 aromatic heterocycles. The van der Waals surface area contributed by atoms with Gasteiger partial charge >= 0.3 is 18.2 Å². The third-order valence-corrected chi connectivity index (χ3v) is 2.82. The second kappa shape index (κ2) is 9.60. The van der Waals surface area contributed by atoms with Crippen molar-refractivity contribution in [3.63, 3.8) is 0 Å². The minimum absolute atomic E-state index is 0.458. The number of amides is 1. The van der Waals surface area contributed by atoms with E-state index in [1.807, 2.05) is 19.1 Å². The predicted octanol–water partition coefficient (Wildman–Crippen LogP) is 3.16. The number of allylic oxidation sites excluding steroid dienone is 2. The van der Waals surface area contributed by atoms with Crippen LogP contribution in [0.2, 0.25) is 0 Å². The largest absolute Gasteiger partial charge is 0.446 e. The third kappa shape index (κ3) is 6.43. The Morgan fingerprint density at radius 2 is 1.91 bits per heavy atom. The highest BCUT2D eigenvalue weighted by Crippen LogP contribution is 2.12. The Labute approximate surface area is 131 Å². The Morgan fingerprint density at radius 3 is 2.45 bits per heavy atom. The van der Waals surface area contributed by atoms with E-state index in [1.165, 1.54) is 6.92 Å². The number of carbonyl (C=O) groups excluding carboxylic acids is 2. The second-order valence-corrected chi connectivity index (χ2v) is 4.73. The maximum absolute atomic E-state index is 12.3. The molecule has 1 amide bonds. The van der Waals surface area contributed by atoms with E-state index in [4.69, 9.17) is 9.47 Å². The molecule has 0 saturated heterocycles. The van der Waals surface area contributed by atoms with Crippen LogP contribution in [-0.4, -0.2) is 18.2 Å². The molecule has 0 aliphatic rings. The predicted molar refractivity (Wildman–Crippen MR) is 84.0 cm³/mol. The standard InChI is InChI=1S/C17H23NO4/c1-4-6-10-14(5-2)18-16(20)17(21-13(3)19)22-15-11-8-7-9-12-15/h7-12,17H,4-6H2,1-3H3,(H,18,20)/b14-10-. The first-order valence-electron chi connectivity index (χ1n) is 7.45. The lowest BCUT2D eigenvalue weighted by molar-refractivity contribution is -0.170. The zero-order chi connectivity index (χ0) is 16.4. The van der Waals surface area contributed by atoms with Gasteiger partial charge in [0.25, 0.3) is 0 Å². The van der Waals surface area contributed by atoms with Crippen molar-refractivity contribution in [2.75, 3.05) is 0 Å². The quantitative estimate of drug-likeness (QED) is 0.592. The molecule has 5 nitrogen and oxygen atoms in total. The van der Waals surface area contributed by atoms with Crippen molar-refractivity contribution in [1.82, 2.24) is 5.32 Å². The summed E-state index contributed by atoms with van der Waals surface area (Å²) >= 11 is 0. The van der Waals surface area contributed by atoms with Crippen LogP contribution in [0, 0.1) is 0 Å². The molecule has 0 fully saturated rings. The van der Waals surface area contributed by atoms with E-state index in [0.717, 1.165) is 18.5 Å². The molecule has 0 bridgehead atoms. The van der Waals surface area contributed by atoms with E-state index in [-0.39, 0.29) is 0 Å². The van der Waals surface area contributed by atoms with Gasteiger partial charge in [0.05, 0.1) is 0 Å². The Balaban J connectivity index is 2.77. The first-order chi connectivity index (χ1) is 10.6. The van der Waals surface area contributed by atoms with Crippen molar-refractivity contribution < 1.29 is 19.1 Å². The van der Waals surface area contributed by atoms with Crippen molar-refractivity contribution in [3.05, 3.63) is 42.1 Å². The van der Waals surface area contributed by atoms with Crippen molar-refractivity contribution in [1.29, 1.82) is 0 Å². The van der Waals surface area contributed by atoms with Gasteiger partial charge < -0.3 is 14.8 Å². The molecule has 0 aliphatic carbocycles. The van der Waals surface area contributed by atoms with Crippen LogP contribution in [0.5, 0.6) is 5.75 Å². The maximum atomic E-state index is 12.3. The smallest absolute Gasteiger partial charge is 0.324 e. The molecular weight excluding hydrogens is 282 g/mol. The molecule has 1 rings (SSSR count). The van der Waals surface area contributed by atoms with Crippen molar-refractivity contribution in [2.45, 2.75) is 46.3 Å². The van der Waals surface area contributed by atoms with Crippen molar-refractivity contribution in [3.8, 4) is 5.75 Å².